The lowest BCUT2D eigenvalue weighted by molar-refractivity contribution is 0.0680. The first-order valence-corrected chi connectivity index (χ1v) is 3.48. The molecule has 0 aliphatic carbocycles. The normalized spacial score (nSPS) is 9.70. The predicted octanol–water partition coefficient (Wildman–Crippen LogP) is 0.663. The Morgan fingerprint density at radius 3 is 2.80 bits per heavy atom. The molecule has 1 rings (SSSR count). The van der Waals surface area contributed by atoms with Gasteiger partial charge < -0.3 is 9.63 Å². The van der Waals surface area contributed by atoms with Crippen LogP contribution in [-0.2, 0) is 5.33 Å². The second-order valence-corrected chi connectivity index (χ2v) is 2.01. The zero-order valence-electron chi connectivity index (χ0n) is 4.74. The Hall–Kier alpha value is -0.910. The van der Waals surface area contributed by atoms with Gasteiger partial charge in [-0.2, -0.15) is 4.98 Å². The van der Waals surface area contributed by atoms with Gasteiger partial charge in [0.15, 0.2) is 0 Å². The quantitative estimate of drug-likeness (QED) is 0.720. The van der Waals surface area contributed by atoms with E-state index in [0.29, 0.717) is 5.33 Å². The average molecular weight is 207 g/mol. The van der Waals surface area contributed by atoms with Crippen LogP contribution >= 0.6 is 15.9 Å². The molecule has 54 valence electrons. The summed E-state index contributed by atoms with van der Waals surface area (Å²) in [6.07, 6.45) is 0. The van der Waals surface area contributed by atoms with Crippen molar-refractivity contribution in [3.8, 4) is 0 Å². The summed E-state index contributed by atoms with van der Waals surface area (Å²) in [4.78, 5) is 13.6. The van der Waals surface area contributed by atoms with Crippen LogP contribution in [0.25, 0.3) is 0 Å². The molecule has 0 amide bonds. The standard InChI is InChI=1S/C4H3BrN2O3/c5-1-2-6-3(4(8)9)7-10-2/h1H2,(H,8,9). The first-order chi connectivity index (χ1) is 4.74. The van der Waals surface area contributed by atoms with Gasteiger partial charge in [-0.05, 0) is 5.16 Å². The van der Waals surface area contributed by atoms with E-state index in [-0.39, 0.29) is 11.7 Å². The lowest BCUT2D eigenvalue weighted by atomic mass is 10.6. The summed E-state index contributed by atoms with van der Waals surface area (Å²) in [7, 11) is 0. The zero-order chi connectivity index (χ0) is 7.56. The minimum Gasteiger partial charge on any atom is -0.475 e. The van der Waals surface area contributed by atoms with E-state index in [4.69, 9.17) is 5.11 Å². The van der Waals surface area contributed by atoms with Gasteiger partial charge in [0, 0.05) is 0 Å². The van der Waals surface area contributed by atoms with Crippen LogP contribution in [0.15, 0.2) is 4.52 Å². The minimum absolute atomic E-state index is 0.261. The van der Waals surface area contributed by atoms with Gasteiger partial charge in [0.05, 0.1) is 5.33 Å². The zero-order valence-corrected chi connectivity index (χ0v) is 6.33. The van der Waals surface area contributed by atoms with Crippen molar-refractivity contribution in [2.75, 3.05) is 0 Å². The topological polar surface area (TPSA) is 76.2 Å². The van der Waals surface area contributed by atoms with E-state index in [1.54, 1.807) is 0 Å². The van der Waals surface area contributed by atoms with Crippen molar-refractivity contribution in [1.29, 1.82) is 0 Å². The van der Waals surface area contributed by atoms with Gasteiger partial charge in [-0.1, -0.05) is 15.9 Å². The molecule has 0 bridgehead atoms. The summed E-state index contributed by atoms with van der Waals surface area (Å²) in [5.41, 5.74) is 0. The molecule has 1 aromatic rings. The Kier molecular flexibility index (Phi) is 2.00. The highest BCUT2D eigenvalue weighted by Gasteiger charge is 2.10. The third-order valence-electron chi connectivity index (χ3n) is 0.774. The van der Waals surface area contributed by atoms with Gasteiger partial charge >= 0.3 is 5.97 Å². The third kappa shape index (κ3) is 1.32. The van der Waals surface area contributed by atoms with E-state index in [1.165, 1.54) is 0 Å². The average Bonchev–Trinajstić information content (AvgIpc) is 2.34. The first kappa shape index (κ1) is 7.20. The smallest absolute Gasteiger partial charge is 0.377 e. The number of aromatic carboxylic acids is 1. The molecular formula is C4H3BrN2O3. The minimum atomic E-state index is -1.18. The fourth-order valence-corrected chi connectivity index (χ4v) is 0.624. The number of hydrogen-bond donors (Lipinski definition) is 1. The number of carboxylic acids is 1. The van der Waals surface area contributed by atoms with Crippen molar-refractivity contribution in [2.24, 2.45) is 0 Å². The van der Waals surface area contributed by atoms with E-state index in [9.17, 15) is 4.79 Å². The Balaban J connectivity index is 2.88. The van der Waals surface area contributed by atoms with Crippen molar-refractivity contribution in [3.05, 3.63) is 11.7 Å². The van der Waals surface area contributed by atoms with E-state index in [0.717, 1.165) is 0 Å². The molecule has 1 aromatic heterocycles. The number of carboxylic acid groups (broad SMARTS) is 1. The largest absolute Gasteiger partial charge is 0.475 e. The maximum Gasteiger partial charge on any atom is 0.377 e. The number of carbonyl (C=O) groups is 1. The molecular weight excluding hydrogens is 204 g/mol. The summed E-state index contributed by atoms with van der Waals surface area (Å²) >= 11 is 3.03. The monoisotopic (exact) mass is 206 g/mol. The summed E-state index contributed by atoms with van der Waals surface area (Å²) in [5.74, 6) is -1.23. The fraction of sp³-hybridized carbons (Fsp3) is 0.250. The molecule has 0 radical (unpaired) electrons. The summed E-state index contributed by atoms with van der Waals surface area (Å²) < 4.78 is 4.49. The molecule has 0 spiro atoms. The highest BCUT2D eigenvalue weighted by molar-refractivity contribution is 9.08. The number of rotatable bonds is 2. The lowest BCUT2D eigenvalue weighted by Gasteiger charge is -1.76. The molecule has 1 heterocycles. The first-order valence-electron chi connectivity index (χ1n) is 2.36. The van der Waals surface area contributed by atoms with Gasteiger partial charge in [0.25, 0.3) is 5.82 Å². The van der Waals surface area contributed by atoms with Gasteiger partial charge in [-0.3, -0.25) is 0 Å². The van der Waals surface area contributed by atoms with Crippen LogP contribution in [0.4, 0.5) is 0 Å². The van der Waals surface area contributed by atoms with E-state index in [2.05, 4.69) is 30.6 Å². The molecule has 0 saturated heterocycles. The molecule has 0 aromatic carbocycles. The van der Waals surface area contributed by atoms with Gasteiger partial charge in [0.2, 0.25) is 5.89 Å². The summed E-state index contributed by atoms with van der Waals surface area (Å²) in [6.45, 7) is 0. The Labute approximate surface area is 64.2 Å². The van der Waals surface area contributed by atoms with Crippen LogP contribution in [0.1, 0.15) is 16.5 Å². The molecule has 0 atom stereocenters. The van der Waals surface area contributed by atoms with Crippen LogP contribution in [0.3, 0.4) is 0 Å². The van der Waals surface area contributed by atoms with Gasteiger partial charge in [0.1, 0.15) is 0 Å². The van der Waals surface area contributed by atoms with Crippen molar-refractivity contribution in [2.45, 2.75) is 5.33 Å². The molecule has 5 nitrogen and oxygen atoms in total. The fourth-order valence-electron chi connectivity index (χ4n) is 0.396. The highest BCUT2D eigenvalue weighted by Crippen LogP contribution is 2.01. The van der Waals surface area contributed by atoms with Crippen LogP contribution in [0, 0.1) is 0 Å². The summed E-state index contributed by atoms with van der Waals surface area (Å²) in [6, 6.07) is 0. The molecule has 0 unspecified atom stereocenters. The predicted molar refractivity (Wildman–Crippen MR) is 33.9 cm³/mol. The van der Waals surface area contributed by atoms with Crippen LogP contribution in [-0.4, -0.2) is 21.2 Å². The van der Waals surface area contributed by atoms with Crippen LogP contribution < -0.4 is 0 Å². The number of hydrogen-bond acceptors (Lipinski definition) is 4. The van der Waals surface area contributed by atoms with Crippen LogP contribution in [0.5, 0.6) is 0 Å². The number of nitrogens with zero attached hydrogens (tertiary/aromatic N) is 2. The second-order valence-electron chi connectivity index (χ2n) is 1.45. The van der Waals surface area contributed by atoms with Gasteiger partial charge in [-0.25, -0.2) is 4.79 Å². The molecule has 6 heteroatoms. The maximum absolute atomic E-state index is 10.1. The molecule has 0 aliphatic heterocycles. The van der Waals surface area contributed by atoms with Gasteiger partial charge in [-0.15, -0.1) is 0 Å². The van der Waals surface area contributed by atoms with Crippen molar-refractivity contribution in [3.63, 3.8) is 0 Å². The lowest BCUT2D eigenvalue weighted by Crippen LogP contribution is -1.98. The number of aromatic nitrogens is 2. The number of alkyl halides is 1. The van der Waals surface area contributed by atoms with E-state index in [1.807, 2.05) is 0 Å². The van der Waals surface area contributed by atoms with E-state index < -0.39 is 5.97 Å². The van der Waals surface area contributed by atoms with Crippen molar-refractivity contribution < 1.29 is 14.4 Å². The second kappa shape index (κ2) is 2.78. The Morgan fingerprint density at radius 1 is 1.80 bits per heavy atom. The molecule has 1 N–H and O–H groups in total. The SMILES string of the molecule is O=C(O)c1noc(CBr)n1. The highest BCUT2D eigenvalue weighted by atomic mass is 79.9. The van der Waals surface area contributed by atoms with E-state index >= 15 is 0 Å². The molecule has 0 saturated carbocycles. The number of halogens is 1. The third-order valence-corrected chi connectivity index (χ3v) is 1.25. The Bertz CT molecular complexity index is 246. The Morgan fingerprint density at radius 2 is 2.50 bits per heavy atom. The molecule has 10 heavy (non-hydrogen) atoms. The summed E-state index contributed by atoms with van der Waals surface area (Å²) in [5, 5.41) is 11.8. The molecule has 0 aliphatic rings. The van der Waals surface area contributed by atoms with Crippen molar-refractivity contribution >= 4 is 21.9 Å². The molecule has 0 fully saturated rings. The van der Waals surface area contributed by atoms with Crippen LogP contribution in [0.2, 0.25) is 0 Å². The maximum atomic E-state index is 10.1. The van der Waals surface area contributed by atoms with Crippen molar-refractivity contribution in [1.82, 2.24) is 10.1 Å².